The molecule has 1 atom stereocenters. The Balaban J connectivity index is 1.93. The third-order valence-corrected chi connectivity index (χ3v) is 6.65. The minimum atomic E-state index is -3.63. The van der Waals surface area contributed by atoms with Crippen molar-refractivity contribution in [2.24, 2.45) is 0 Å². The number of carbonyl (C=O) groups excluding carboxylic acids is 1. The Hall–Kier alpha value is -3.32. The summed E-state index contributed by atoms with van der Waals surface area (Å²) in [5.74, 6) is 0.461. The molecule has 0 heterocycles. The fourth-order valence-electron chi connectivity index (χ4n) is 3.79. The largest absolute Gasteiger partial charge is 0.496 e. The highest BCUT2D eigenvalue weighted by Gasteiger charge is 2.24. The molecule has 3 aromatic rings. The maximum absolute atomic E-state index is 13.3. The van der Waals surface area contributed by atoms with Gasteiger partial charge in [-0.3, -0.25) is 9.10 Å². The highest BCUT2D eigenvalue weighted by atomic mass is 32.2. The molecule has 0 fully saturated rings. The molecule has 33 heavy (non-hydrogen) atoms. The van der Waals surface area contributed by atoms with Crippen LogP contribution in [0.5, 0.6) is 5.75 Å². The predicted octanol–water partition coefficient (Wildman–Crippen LogP) is 4.85. The topological polar surface area (TPSA) is 75.7 Å². The summed E-state index contributed by atoms with van der Waals surface area (Å²) in [6.07, 6.45) is 1.83. The number of anilines is 1. The first-order valence-corrected chi connectivity index (χ1v) is 12.7. The van der Waals surface area contributed by atoms with Gasteiger partial charge in [0.2, 0.25) is 10.0 Å². The first kappa shape index (κ1) is 24.3. The second kappa shape index (κ2) is 10.5. The molecule has 0 spiro atoms. The first-order valence-electron chi connectivity index (χ1n) is 10.8. The van der Waals surface area contributed by atoms with Crippen molar-refractivity contribution in [2.75, 3.05) is 17.7 Å². The molecular weight excluding hydrogens is 436 g/mol. The van der Waals surface area contributed by atoms with Gasteiger partial charge >= 0.3 is 0 Å². The Morgan fingerprint density at radius 3 is 2.30 bits per heavy atom. The lowest BCUT2D eigenvalue weighted by atomic mass is 10.0. The number of nitrogens with zero attached hydrogens (tertiary/aromatic N) is 1. The fraction of sp³-hybridized carbons (Fsp3) is 0.269. The minimum Gasteiger partial charge on any atom is -0.496 e. The number of para-hydroxylation sites is 1. The zero-order valence-electron chi connectivity index (χ0n) is 19.4. The van der Waals surface area contributed by atoms with Crippen molar-refractivity contribution in [3.63, 3.8) is 0 Å². The Morgan fingerprint density at radius 2 is 1.70 bits per heavy atom. The summed E-state index contributed by atoms with van der Waals surface area (Å²) in [5, 5.41) is 3.07. The van der Waals surface area contributed by atoms with E-state index in [1.807, 2.05) is 62.4 Å². The molecule has 0 aromatic heterocycles. The van der Waals surface area contributed by atoms with Crippen molar-refractivity contribution in [1.82, 2.24) is 5.32 Å². The van der Waals surface area contributed by atoms with Crippen LogP contribution in [0.25, 0.3) is 0 Å². The third-order valence-electron chi connectivity index (χ3n) is 5.52. The number of sulfonamides is 1. The molecule has 1 N–H and O–H groups in total. The zero-order chi connectivity index (χ0) is 24.0. The number of carbonyl (C=O) groups is 1. The van der Waals surface area contributed by atoms with Gasteiger partial charge in [0, 0.05) is 0 Å². The van der Waals surface area contributed by atoms with E-state index in [2.05, 4.69) is 5.32 Å². The molecule has 6 nitrogen and oxygen atoms in total. The van der Waals surface area contributed by atoms with Gasteiger partial charge in [0.05, 0.1) is 37.2 Å². The quantitative estimate of drug-likeness (QED) is 0.489. The molecular formula is C26H30N2O4S. The molecule has 7 heteroatoms. The molecule has 1 unspecified atom stereocenters. The first-order chi connectivity index (χ1) is 15.7. The minimum absolute atomic E-state index is 0.138. The van der Waals surface area contributed by atoms with Gasteiger partial charge in [-0.05, 0) is 48.2 Å². The Kier molecular flexibility index (Phi) is 7.76. The highest BCUT2D eigenvalue weighted by molar-refractivity contribution is 7.92. The van der Waals surface area contributed by atoms with E-state index in [4.69, 9.17) is 4.74 Å². The molecule has 0 aliphatic rings. The van der Waals surface area contributed by atoms with Crippen LogP contribution in [0.4, 0.5) is 5.69 Å². The van der Waals surface area contributed by atoms with Crippen molar-refractivity contribution in [3.8, 4) is 5.75 Å². The van der Waals surface area contributed by atoms with E-state index in [9.17, 15) is 13.2 Å². The van der Waals surface area contributed by atoms with Crippen molar-refractivity contribution in [1.29, 1.82) is 0 Å². The van der Waals surface area contributed by atoms with Gasteiger partial charge in [0.1, 0.15) is 5.75 Å². The van der Waals surface area contributed by atoms with Gasteiger partial charge < -0.3 is 10.1 Å². The predicted molar refractivity (Wildman–Crippen MR) is 132 cm³/mol. The molecule has 0 saturated heterocycles. The number of hydrogen-bond acceptors (Lipinski definition) is 4. The maximum Gasteiger partial charge on any atom is 0.253 e. The number of rotatable bonds is 9. The van der Waals surface area contributed by atoms with Crippen LogP contribution in [0.15, 0.2) is 72.8 Å². The van der Waals surface area contributed by atoms with Gasteiger partial charge in [-0.15, -0.1) is 0 Å². The monoisotopic (exact) mass is 466 g/mol. The van der Waals surface area contributed by atoms with Crippen LogP contribution < -0.4 is 14.4 Å². The summed E-state index contributed by atoms with van der Waals surface area (Å²) in [4.78, 5) is 13.3. The van der Waals surface area contributed by atoms with Gasteiger partial charge in [0.25, 0.3) is 5.91 Å². The number of ether oxygens (including phenoxy) is 1. The Labute approximate surface area is 196 Å². The van der Waals surface area contributed by atoms with E-state index in [-0.39, 0.29) is 18.5 Å². The molecule has 0 radical (unpaired) electrons. The lowest BCUT2D eigenvalue weighted by Crippen LogP contribution is -2.33. The second-order valence-electron chi connectivity index (χ2n) is 7.94. The summed E-state index contributed by atoms with van der Waals surface area (Å²) < 4.78 is 32.0. The fourth-order valence-corrected chi connectivity index (χ4v) is 4.69. The Bertz CT molecular complexity index is 1210. The van der Waals surface area contributed by atoms with Crippen molar-refractivity contribution < 1.29 is 17.9 Å². The average Bonchev–Trinajstić information content (AvgIpc) is 2.80. The number of amides is 1. The lowest BCUT2D eigenvalue weighted by molar-refractivity contribution is 0.0936. The van der Waals surface area contributed by atoms with Crippen molar-refractivity contribution in [3.05, 3.63) is 95.1 Å². The van der Waals surface area contributed by atoms with Crippen molar-refractivity contribution >= 4 is 21.6 Å². The van der Waals surface area contributed by atoms with Crippen LogP contribution in [0.1, 0.15) is 46.4 Å². The van der Waals surface area contributed by atoms with Gasteiger partial charge in [0.15, 0.2) is 0 Å². The molecule has 3 aromatic carbocycles. The molecule has 0 saturated carbocycles. The summed E-state index contributed by atoms with van der Waals surface area (Å²) in [7, 11) is -2.01. The summed E-state index contributed by atoms with van der Waals surface area (Å²) in [6.45, 7) is 4.09. The number of hydrogen-bond donors (Lipinski definition) is 1. The number of methoxy groups -OCH3 is 1. The van der Waals surface area contributed by atoms with Crippen molar-refractivity contribution in [2.45, 2.75) is 32.9 Å². The summed E-state index contributed by atoms with van der Waals surface area (Å²) in [5.41, 5.74) is 3.43. The van der Waals surface area contributed by atoms with Gasteiger partial charge in [-0.25, -0.2) is 8.42 Å². The Morgan fingerprint density at radius 1 is 1.03 bits per heavy atom. The number of nitrogens with one attached hydrogen (secondary N) is 1. The van der Waals surface area contributed by atoms with E-state index in [1.165, 1.54) is 4.31 Å². The molecule has 3 rings (SSSR count). The maximum atomic E-state index is 13.3. The molecule has 1 amide bonds. The molecule has 0 aliphatic heterocycles. The van der Waals surface area contributed by atoms with E-state index < -0.39 is 10.0 Å². The van der Waals surface area contributed by atoms with E-state index in [0.717, 1.165) is 28.7 Å². The normalized spacial score (nSPS) is 12.1. The van der Waals surface area contributed by atoms with E-state index in [1.54, 1.807) is 31.4 Å². The SMILES string of the molecule is CCC(NC(=O)c1ccccc1N(Cc1ccccc1)S(C)(=O)=O)c1ccc(OC)c(C)c1. The zero-order valence-corrected chi connectivity index (χ0v) is 20.2. The highest BCUT2D eigenvalue weighted by Crippen LogP contribution is 2.28. The van der Waals surface area contributed by atoms with Gasteiger partial charge in [-0.2, -0.15) is 0 Å². The van der Waals surface area contributed by atoms with E-state index in [0.29, 0.717) is 17.7 Å². The lowest BCUT2D eigenvalue weighted by Gasteiger charge is -2.26. The third kappa shape index (κ3) is 5.93. The van der Waals surface area contributed by atoms with Crippen LogP contribution in [-0.2, 0) is 16.6 Å². The van der Waals surface area contributed by atoms with Crippen LogP contribution in [0.3, 0.4) is 0 Å². The number of benzene rings is 3. The van der Waals surface area contributed by atoms with Crippen LogP contribution in [-0.4, -0.2) is 27.7 Å². The number of aryl methyl sites for hydroxylation is 1. The second-order valence-corrected chi connectivity index (χ2v) is 9.84. The summed E-state index contributed by atoms with van der Waals surface area (Å²) >= 11 is 0. The standard InChI is InChI=1S/C26H30N2O4S/c1-5-23(21-15-16-25(32-3)19(2)17-21)27-26(29)22-13-9-10-14-24(22)28(33(4,30)31)18-20-11-7-6-8-12-20/h6-17,23H,5,18H2,1-4H3,(H,27,29). The van der Waals surface area contributed by atoms with E-state index >= 15 is 0 Å². The average molecular weight is 467 g/mol. The molecule has 174 valence electrons. The van der Waals surface area contributed by atoms with Crippen LogP contribution in [0, 0.1) is 6.92 Å². The van der Waals surface area contributed by atoms with Crippen LogP contribution >= 0.6 is 0 Å². The molecule has 0 aliphatic carbocycles. The smallest absolute Gasteiger partial charge is 0.253 e. The summed E-state index contributed by atoms with van der Waals surface area (Å²) in [6, 6.07) is 21.7. The van der Waals surface area contributed by atoms with Crippen LogP contribution in [0.2, 0.25) is 0 Å². The van der Waals surface area contributed by atoms with Gasteiger partial charge in [-0.1, -0.05) is 61.5 Å². The molecule has 0 bridgehead atoms.